The number of carbonyl (C=O) groups excluding carboxylic acids is 1. The Kier molecular flexibility index (Phi) is 1.62. The van der Waals surface area contributed by atoms with E-state index in [1.54, 1.807) is 0 Å². The summed E-state index contributed by atoms with van der Waals surface area (Å²) >= 11 is 0. The molecule has 1 aliphatic heterocycles. The van der Waals surface area contributed by atoms with E-state index in [1.807, 2.05) is 0 Å². The van der Waals surface area contributed by atoms with Gasteiger partial charge in [-0.25, -0.2) is 8.78 Å². The Bertz CT molecular complexity index is 158. The van der Waals surface area contributed by atoms with Gasteiger partial charge in [-0.15, -0.1) is 0 Å². The van der Waals surface area contributed by atoms with Gasteiger partial charge >= 0.3 is 0 Å². The van der Waals surface area contributed by atoms with Crippen molar-refractivity contribution < 1.29 is 13.6 Å². The average Bonchev–Trinajstić information content (AvgIpc) is 1.79. The smallest absolute Gasteiger partial charge is 0.258 e. The van der Waals surface area contributed by atoms with Gasteiger partial charge in [0.2, 0.25) is 5.91 Å². The Hall–Kier alpha value is -0.670. The molecular formula is C6H9F2NO. The van der Waals surface area contributed by atoms with E-state index in [4.69, 9.17) is 0 Å². The Labute approximate surface area is 57.8 Å². The minimum Gasteiger partial charge on any atom is -0.345 e. The number of nitrogens with zero attached hydrogens (tertiary/aromatic N) is 1. The molecule has 58 valence electrons. The zero-order chi connectivity index (χ0) is 7.78. The number of piperidine rings is 1. The summed E-state index contributed by atoms with van der Waals surface area (Å²) in [5, 5.41) is 0. The molecule has 0 spiro atoms. The molecule has 0 unspecified atom stereocenters. The average molecular weight is 149 g/mol. The molecule has 0 N–H and O–H groups in total. The van der Waals surface area contributed by atoms with Crippen molar-refractivity contribution >= 4 is 5.91 Å². The molecule has 1 rings (SSSR count). The van der Waals surface area contributed by atoms with Crippen LogP contribution >= 0.6 is 0 Å². The molecule has 0 atom stereocenters. The molecule has 1 amide bonds. The number of hydrogen-bond donors (Lipinski definition) is 0. The van der Waals surface area contributed by atoms with Crippen LogP contribution in [0.25, 0.3) is 0 Å². The van der Waals surface area contributed by atoms with Gasteiger partial charge in [0.1, 0.15) is 0 Å². The number of halogens is 2. The molecule has 1 fully saturated rings. The molecule has 0 bridgehead atoms. The highest BCUT2D eigenvalue weighted by Crippen LogP contribution is 2.27. The first-order chi connectivity index (χ1) is 4.51. The van der Waals surface area contributed by atoms with Crippen molar-refractivity contribution in [3.05, 3.63) is 0 Å². The van der Waals surface area contributed by atoms with Gasteiger partial charge in [0.05, 0.1) is 6.42 Å². The number of alkyl halides is 2. The molecule has 0 aromatic heterocycles. The maximum Gasteiger partial charge on any atom is 0.258 e. The molecular weight excluding hydrogens is 140 g/mol. The van der Waals surface area contributed by atoms with Crippen LogP contribution in [0, 0.1) is 0 Å². The van der Waals surface area contributed by atoms with Crippen LogP contribution in [-0.2, 0) is 4.79 Å². The third-order valence-electron chi connectivity index (χ3n) is 1.65. The molecule has 2 nitrogen and oxygen atoms in total. The first kappa shape index (κ1) is 7.44. The fourth-order valence-electron chi connectivity index (χ4n) is 0.901. The quantitative estimate of drug-likeness (QED) is 0.500. The van der Waals surface area contributed by atoms with Crippen molar-refractivity contribution in [2.75, 3.05) is 13.6 Å². The third-order valence-corrected chi connectivity index (χ3v) is 1.65. The maximum atomic E-state index is 12.4. The summed E-state index contributed by atoms with van der Waals surface area (Å²) in [6.45, 7) is 0.172. The molecule has 10 heavy (non-hydrogen) atoms. The topological polar surface area (TPSA) is 20.3 Å². The minimum absolute atomic E-state index is 0.172. The standard InChI is InChI=1S/C6H9F2NO/c1-9-3-2-6(7,8)4-5(9)10/h2-4H2,1H3. The Morgan fingerprint density at radius 3 is 2.60 bits per heavy atom. The van der Waals surface area contributed by atoms with E-state index >= 15 is 0 Å². The van der Waals surface area contributed by atoms with Crippen molar-refractivity contribution in [1.82, 2.24) is 4.90 Å². The van der Waals surface area contributed by atoms with Crippen LogP contribution in [0.4, 0.5) is 8.78 Å². The first-order valence-electron chi connectivity index (χ1n) is 3.13. The molecule has 0 aromatic rings. The van der Waals surface area contributed by atoms with E-state index in [0.29, 0.717) is 0 Å². The zero-order valence-electron chi connectivity index (χ0n) is 5.73. The summed E-state index contributed by atoms with van der Waals surface area (Å²) < 4.78 is 24.8. The van der Waals surface area contributed by atoms with Gasteiger partial charge in [0.15, 0.2) is 0 Å². The summed E-state index contributed by atoms with van der Waals surface area (Å²) in [5.74, 6) is -3.22. The van der Waals surface area contributed by atoms with Crippen LogP contribution in [0.5, 0.6) is 0 Å². The molecule has 0 radical (unpaired) electrons. The van der Waals surface area contributed by atoms with Crippen molar-refractivity contribution in [3.63, 3.8) is 0 Å². The molecule has 1 aliphatic rings. The highest BCUT2D eigenvalue weighted by Gasteiger charge is 2.37. The van der Waals surface area contributed by atoms with E-state index in [9.17, 15) is 13.6 Å². The SMILES string of the molecule is CN1CCC(F)(F)CC1=O. The summed E-state index contributed by atoms with van der Waals surface area (Å²) in [7, 11) is 1.54. The predicted molar refractivity (Wildman–Crippen MR) is 31.8 cm³/mol. The lowest BCUT2D eigenvalue weighted by molar-refractivity contribution is -0.145. The van der Waals surface area contributed by atoms with Gasteiger partial charge in [-0.1, -0.05) is 0 Å². The van der Waals surface area contributed by atoms with Crippen LogP contribution in [0.3, 0.4) is 0 Å². The van der Waals surface area contributed by atoms with Gasteiger partial charge in [-0.2, -0.15) is 0 Å². The second-order valence-corrected chi connectivity index (χ2v) is 2.60. The summed E-state index contributed by atoms with van der Waals surface area (Å²) in [6.07, 6.45) is -0.821. The van der Waals surface area contributed by atoms with Crippen LogP contribution in [0.2, 0.25) is 0 Å². The third kappa shape index (κ3) is 1.43. The monoisotopic (exact) mass is 149 g/mol. The van der Waals surface area contributed by atoms with E-state index < -0.39 is 18.3 Å². The van der Waals surface area contributed by atoms with Crippen molar-refractivity contribution in [2.45, 2.75) is 18.8 Å². The van der Waals surface area contributed by atoms with Gasteiger partial charge < -0.3 is 4.90 Å². The lowest BCUT2D eigenvalue weighted by atomic mass is 10.1. The van der Waals surface area contributed by atoms with Crippen LogP contribution < -0.4 is 0 Å². The highest BCUT2D eigenvalue weighted by atomic mass is 19.3. The molecule has 1 saturated heterocycles. The summed E-state index contributed by atoms with van der Waals surface area (Å²) in [5.41, 5.74) is 0. The minimum atomic E-state index is -2.76. The predicted octanol–water partition coefficient (Wildman–Crippen LogP) is 0.874. The fourth-order valence-corrected chi connectivity index (χ4v) is 0.901. The van der Waals surface area contributed by atoms with Crippen LogP contribution in [-0.4, -0.2) is 30.3 Å². The van der Waals surface area contributed by atoms with E-state index in [2.05, 4.69) is 0 Å². The normalized spacial score (nSPS) is 25.1. The van der Waals surface area contributed by atoms with Crippen LogP contribution in [0.15, 0.2) is 0 Å². The zero-order valence-corrected chi connectivity index (χ0v) is 5.73. The highest BCUT2D eigenvalue weighted by molar-refractivity contribution is 5.77. The number of carbonyl (C=O) groups is 1. The molecule has 0 aliphatic carbocycles. The number of hydrogen-bond acceptors (Lipinski definition) is 1. The largest absolute Gasteiger partial charge is 0.345 e. The Balaban J connectivity index is 2.57. The van der Waals surface area contributed by atoms with E-state index in [-0.39, 0.29) is 13.0 Å². The second-order valence-electron chi connectivity index (χ2n) is 2.60. The number of rotatable bonds is 0. The fraction of sp³-hybridized carbons (Fsp3) is 0.833. The van der Waals surface area contributed by atoms with Gasteiger partial charge in [0.25, 0.3) is 5.92 Å². The van der Waals surface area contributed by atoms with Gasteiger partial charge in [0, 0.05) is 20.0 Å². The maximum absolute atomic E-state index is 12.4. The van der Waals surface area contributed by atoms with Crippen molar-refractivity contribution in [2.24, 2.45) is 0 Å². The van der Waals surface area contributed by atoms with E-state index in [1.165, 1.54) is 11.9 Å². The first-order valence-corrected chi connectivity index (χ1v) is 3.13. The Morgan fingerprint density at radius 2 is 2.20 bits per heavy atom. The van der Waals surface area contributed by atoms with Crippen molar-refractivity contribution in [3.8, 4) is 0 Å². The van der Waals surface area contributed by atoms with Gasteiger partial charge in [-0.05, 0) is 0 Å². The molecule has 1 heterocycles. The molecule has 4 heteroatoms. The Morgan fingerprint density at radius 1 is 1.60 bits per heavy atom. The van der Waals surface area contributed by atoms with Crippen LogP contribution in [0.1, 0.15) is 12.8 Å². The lowest BCUT2D eigenvalue weighted by Gasteiger charge is -2.28. The number of amides is 1. The lowest BCUT2D eigenvalue weighted by Crippen LogP contribution is -2.41. The van der Waals surface area contributed by atoms with Gasteiger partial charge in [-0.3, -0.25) is 4.79 Å². The van der Waals surface area contributed by atoms with E-state index in [0.717, 1.165) is 0 Å². The summed E-state index contributed by atoms with van der Waals surface area (Å²) in [6, 6.07) is 0. The second kappa shape index (κ2) is 2.18. The summed E-state index contributed by atoms with van der Waals surface area (Å²) in [4.78, 5) is 12.0. The van der Waals surface area contributed by atoms with Crippen molar-refractivity contribution in [1.29, 1.82) is 0 Å². The molecule has 0 saturated carbocycles. The number of likely N-dealkylation sites (tertiary alicyclic amines) is 1. The molecule has 0 aromatic carbocycles.